The fourth-order valence-electron chi connectivity index (χ4n) is 1.76. The van der Waals surface area contributed by atoms with Crippen LogP contribution in [0.5, 0.6) is 0 Å². The van der Waals surface area contributed by atoms with Crippen LogP contribution in [0.15, 0.2) is 41.0 Å². The van der Waals surface area contributed by atoms with Crippen molar-refractivity contribution in [3.05, 3.63) is 57.5 Å². The lowest BCUT2D eigenvalue weighted by molar-refractivity contribution is -0.138. The van der Waals surface area contributed by atoms with E-state index in [1.54, 1.807) is 18.2 Å². The Balaban J connectivity index is 2.29. The van der Waals surface area contributed by atoms with Crippen molar-refractivity contribution >= 4 is 33.5 Å². The summed E-state index contributed by atoms with van der Waals surface area (Å²) < 4.78 is 0.844. The Labute approximate surface area is 123 Å². The molecule has 1 aromatic heterocycles. The van der Waals surface area contributed by atoms with E-state index in [1.807, 2.05) is 12.1 Å². The normalized spacial score (nSPS) is 12.1. The van der Waals surface area contributed by atoms with Gasteiger partial charge >= 0.3 is 5.97 Å². The van der Waals surface area contributed by atoms with Gasteiger partial charge in [0, 0.05) is 22.8 Å². The highest BCUT2D eigenvalue weighted by atomic mass is 79.9. The van der Waals surface area contributed by atoms with Gasteiger partial charge in [0.25, 0.3) is 0 Å². The van der Waals surface area contributed by atoms with Crippen molar-refractivity contribution in [3.63, 3.8) is 0 Å². The molecule has 2 aromatic rings. The van der Waals surface area contributed by atoms with Gasteiger partial charge in [0.2, 0.25) is 5.28 Å². The van der Waals surface area contributed by atoms with Crippen LogP contribution < -0.4 is 0 Å². The van der Waals surface area contributed by atoms with Gasteiger partial charge in [0.05, 0.1) is 5.92 Å². The summed E-state index contributed by atoms with van der Waals surface area (Å²) >= 11 is 9.04. The molecule has 0 saturated heterocycles. The van der Waals surface area contributed by atoms with Crippen LogP contribution >= 0.6 is 27.5 Å². The number of hydrogen-bond donors (Lipinski definition) is 1. The monoisotopic (exact) mass is 340 g/mol. The third-order valence-corrected chi connectivity index (χ3v) is 3.32. The van der Waals surface area contributed by atoms with E-state index in [0.29, 0.717) is 5.69 Å². The number of carbonyl (C=O) groups is 1. The minimum atomic E-state index is -0.896. The highest BCUT2D eigenvalue weighted by Gasteiger charge is 2.21. The molecule has 1 atom stereocenters. The number of carboxylic acids is 1. The van der Waals surface area contributed by atoms with E-state index in [0.717, 1.165) is 10.0 Å². The van der Waals surface area contributed by atoms with Gasteiger partial charge in [-0.3, -0.25) is 4.79 Å². The van der Waals surface area contributed by atoms with Crippen LogP contribution in [0, 0.1) is 0 Å². The number of rotatable bonds is 4. The maximum Gasteiger partial charge on any atom is 0.311 e. The smallest absolute Gasteiger partial charge is 0.311 e. The Morgan fingerprint density at radius 2 is 2.21 bits per heavy atom. The topological polar surface area (TPSA) is 63.1 Å². The van der Waals surface area contributed by atoms with E-state index in [4.69, 9.17) is 11.6 Å². The van der Waals surface area contributed by atoms with Gasteiger partial charge in [-0.1, -0.05) is 28.1 Å². The Bertz CT molecular complexity index is 607. The number of aliphatic carboxylic acids is 1. The maximum absolute atomic E-state index is 11.4. The highest BCUT2D eigenvalue weighted by Crippen LogP contribution is 2.23. The van der Waals surface area contributed by atoms with Gasteiger partial charge in [0.15, 0.2) is 0 Å². The summed E-state index contributed by atoms with van der Waals surface area (Å²) in [4.78, 5) is 19.2. The zero-order valence-electron chi connectivity index (χ0n) is 9.75. The molecule has 0 aliphatic carbocycles. The third-order valence-electron chi connectivity index (χ3n) is 2.65. The van der Waals surface area contributed by atoms with Crippen LogP contribution in [0.25, 0.3) is 0 Å². The molecule has 0 amide bonds. The van der Waals surface area contributed by atoms with Crippen LogP contribution in [0.2, 0.25) is 5.28 Å². The van der Waals surface area contributed by atoms with E-state index in [-0.39, 0.29) is 11.7 Å². The van der Waals surface area contributed by atoms with Gasteiger partial charge in [-0.2, -0.15) is 0 Å². The lowest BCUT2D eigenvalue weighted by Gasteiger charge is -2.12. The zero-order valence-corrected chi connectivity index (χ0v) is 12.1. The van der Waals surface area contributed by atoms with Crippen molar-refractivity contribution in [2.45, 2.75) is 12.3 Å². The van der Waals surface area contributed by atoms with Crippen molar-refractivity contribution in [2.75, 3.05) is 0 Å². The van der Waals surface area contributed by atoms with Crippen LogP contribution in [0.3, 0.4) is 0 Å². The summed E-state index contributed by atoms with van der Waals surface area (Å²) in [5.41, 5.74) is 1.32. The van der Waals surface area contributed by atoms with E-state index in [1.165, 1.54) is 6.20 Å². The number of nitrogens with zero attached hydrogens (tertiary/aromatic N) is 2. The third kappa shape index (κ3) is 3.75. The molecule has 1 unspecified atom stereocenters. The molecule has 0 bridgehead atoms. The minimum Gasteiger partial charge on any atom is -0.481 e. The first kappa shape index (κ1) is 14.0. The minimum absolute atomic E-state index is 0.121. The molecule has 2 rings (SSSR count). The number of halogens is 2. The summed E-state index contributed by atoms with van der Waals surface area (Å²) in [5.74, 6) is -1.56. The quantitative estimate of drug-likeness (QED) is 0.867. The molecule has 0 radical (unpaired) electrons. The Morgan fingerprint density at radius 3 is 2.84 bits per heavy atom. The molecule has 0 spiro atoms. The first-order valence-electron chi connectivity index (χ1n) is 5.52. The second kappa shape index (κ2) is 6.12. The molecule has 98 valence electrons. The summed E-state index contributed by atoms with van der Waals surface area (Å²) in [6.07, 6.45) is 1.79. The Morgan fingerprint density at radius 1 is 1.42 bits per heavy atom. The molecule has 0 fully saturated rings. The molecule has 0 saturated carbocycles. The van der Waals surface area contributed by atoms with Crippen molar-refractivity contribution in [3.8, 4) is 0 Å². The molecule has 6 heteroatoms. The molecular weight excluding hydrogens is 332 g/mol. The summed E-state index contributed by atoms with van der Waals surface area (Å²) in [5, 5.41) is 9.48. The van der Waals surface area contributed by atoms with E-state index in [2.05, 4.69) is 25.9 Å². The first-order valence-corrected chi connectivity index (χ1v) is 6.69. The predicted octanol–water partition coefficient (Wildman–Crippen LogP) is 3.30. The summed E-state index contributed by atoms with van der Waals surface area (Å²) in [7, 11) is 0. The number of carboxylic acid groups (broad SMARTS) is 1. The Hall–Kier alpha value is -1.46. The number of aromatic nitrogens is 2. The van der Waals surface area contributed by atoms with Crippen molar-refractivity contribution in [1.29, 1.82) is 0 Å². The second-order valence-corrected chi connectivity index (χ2v) is 5.22. The molecule has 4 nitrogen and oxygen atoms in total. The average Bonchev–Trinajstić information content (AvgIpc) is 2.35. The molecule has 1 heterocycles. The van der Waals surface area contributed by atoms with Crippen LogP contribution in [-0.4, -0.2) is 21.0 Å². The summed E-state index contributed by atoms with van der Waals surface area (Å²) in [6.45, 7) is 0. The molecule has 1 N–H and O–H groups in total. The zero-order chi connectivity index (χ0) is 13.8. The highest BCUT2D eigenvalue weighted by molar-refractivity contribution is 9.10. The van der Waals surface area contributed by atoms with Crippen molar-refractivity contribution in [1.82, 2.24) is 9.97 Å². The SMILES string of the molecule is O=C(O)C(Cc1ccnc(Cl)n1)c1cccc(Br)c1. The molecule has 0 aliphatic heterocycles. The average molecular weight is 342 g/mol. The fraction of sp³-hybridized carbons (Fsp3) is 0.154. The van der Waals surface area contributed by atoms with Crippen LogP contribution in [0.1, 0.15) is 17.2 Å². The van der Waals surface area contributed by atoms with Gasteiger partial charge in [-0.05, 0) is 35.4 Å². The van der Waals surface area contributed by atoms with Gasteiger partial charge in [0.1, 0.15) is 0 Å². The fourth-order valence-corrected chi connectivity index (χ4v) is 2.35. The molecule has 0 aliphatic rings. The lowest BCUT2D eigenvalue weighted by Crippen LogP contribution is -2.15. The van der Waals surface area contributed by atoms with Gasteiger partial charge in [-0.15, -0.1) is 0 Å². The summed E-state index contributed by atoms with van der Waals surface area (Å²) in [6, 6.07) is 8.90. The Kier molecular flexibility index (Phi) is 4.50. The maximum atomic E-state index is 11.4. The van der Waals surface area contributed by atoms with E-state index < -0.39 is 11.9 Å². The van der Waals surface area contributed by atoms with E-state index >= 15 is 0 Å². The molecule has 19 heavy (non-hydrogen) atoms. The molecular formula is C13H10BrClN2O2. The predicted molar refractivity (Wildman–Crippen MR) is 75.3 cm³/mol. The van der Waals surface area contributed by atoms with Crippen LogP contribution in [-0.2, 0) is 11.2 Å². The lowest BCUT2D eigenvalue weighted by atomic mass is 9.94. The number of benzene rings is 1. The van der Waals surface area contributed by atoms with Crippen molar-refractivity contribution in [2.24, 2.45) is 0 Å². The largest absolute Gasteiger partial charge is 0.481 e. The van der Waals surface area contributed by atoms with Gasteiger partial charge < -0.3 is 5.11 Å². The standard InChI is InChI=1S/C13H10BrClN2O2/c14-9-3-1-2-8(6-9)11(12(18)19)7-10-4-5-16-13(15)17-10/h1-6,11H,7H2,(H,18,19). The number of hydrogen-bond acceptors (Lipinski definition) is 3. The van der Waals surface area contributed by atoms with Gasteiger partial charge in [-0.25, -0.2) is 9.97 Å². The van der Waals surface area contributed by atoms with Crippen LogP contribution in [0.4, 0.5) is 0 Å². The van der Waals surface area contributed by atoms with Crippen molar-refractivity contribution < 1.29 is 9.90 Å². The van der Waals surface area contributed by atoms with E-state index in [9.17, 15) is 9.90 Å². The second-order valence-electron chi connectivity index (χ2n) is 3.97. The molecule has 1 aromatic carbocycles. The first-order chi connectivity index (χ1) is 9.06.